The third-order valence-corrected chi connectivity index (χ3v) is 6.97. The fourth-order valence-electron chi connectivity index (χ4n) is 4.70. The average molecular weight is 512 g/mol. The quantitative estimate of drug-likeness (QED) is 0.200. The van der Waals surface area contributed by atoms with Gasteiger partial charge in [-0.2, -0.15) is 5.26 Å². The maximum absolute atomic E-state index is 14.0. The van der Waals surface area contributed by atoms with Crippen LogP contribution in [0.3, 0.4) is 0 Å². The van der Waals surface area contributed by atoms with Crippen molar-refractivity contribution in [2.24, 2.45) is 0 Å². The smallest absolute Gasteiger partial charge is 0.144 e. The first-order chi connectivity index (χ1) is 19.0. The summed E-state index contributed by atoms with van der Waals surface area (Å²) in [6.07, 6.45) is 5.05. The Morgan fingerprint density at radius 3 is 1.59 bits per heavy atom. The summed E-state index contributed by atoms with van der Waals surface area (Å²) in [6.45, 7) is 2.27. The van der Waals surface area contributed by atoms with E-state index in [-0.39, 0.29) is 0 Å². The van der Waals surface area contributed by atoms with Crippen molar-refractivity contribution >= 4 is 12.2 Å². The molecular formula is C36H27F2N. The summed E-state index contributed by atoms with van der Waals surface area (Å²) in [5, 5.41) is 8.85. The number of rotatable bonds is 7. The van der Waals surface area contributed by atoms with Crippen LogP contribution in [0, 0.1) is 23.0 Å². The number of nitriles is 1. The number of hydrogen-bond acceptors (Lipinski definition) is 1. The Kier molecular flexibility index (Phi) is 7.75. The first-order valence-electron chi connectivity index (χ1n) is 12.9. The van der Waals surface area contributed by atoms with Crippen LogP contribution in [0.15, 0.2) is 115 Å². The molecular weight excluding hydrogens is 484 g/mol. The molecule has 0 amide bonds. The SMILES string of the molecule is CC(Cc1ccc(-c2ccc(/C=C/c3ccc(-c4cc(F)c(C#N)c(F)c4)cc3)cc2)cc1)c1ccccc1. The molecule has 0 fully saturated rings. The molecule has 5 rings (SSSR count). The van der Waals surface area contributed by atoms with E-state index >= 15 is 0 Å². The second-order valence-electron chi connectivity index (χ2n) is 9.72. The van der Waals surface area contributed by atoms with Gasteiger partial charge < -0.3 is 0 Å². The molecule has 5 aromatic carbocycles. The number of benzene rings is 5. The van der Waals surface area contributed by atoms with Crippen molar-refractivity contribution in [3.8, 4) is 28.3 Å². The molecule has 0 radical (unpaired) electrons. The average Bonchev–Trinajstić information content (AvgIpc) is 2.97. The number of halogens is 2. The van der Waals surface area contributed by atoms with E-state index < -0.39 is 17.2 Å². The topological polar surface area (TPSA) is 23.8 Å². The molecule has 5 aromatic rings. The van der Waals surface area contributed by atoms with E-state index in [2.05, 4.69) is 85.8 Å². The van der Waals surface area contributed by atoms with Gasteiger partial charge in [0.2, 0.25) is 0 Å². The summed E-state index contributed by atoms with van der Waals surface area (Å²) < 4.78 is 27.9. The minimum Gasteiger partial charge on any atom is -0.205 e. The van der Waals surface area contributed by atoms with Crippen LogP contribution in [-0.2, 0) is 6.42 Å². The molecule has 0 aliphatic rings. The summed E-state index contributed by atoms with van der Waals surface area (Å²) in [5.41, 5.74) is 7.61. The summed E-state index contributed by atoms with van der Waals surface area (Å²) in [7, 11) is 0. The zero-order valence-electron chi connectivity index (χ0n) is 21.6. The largest absolute Gasteiger partial charge is 0.205 e. The van der Waals surface area contributed by atoms with Crippen LogP contribution in [0.25, 0.3) is 34.4 Å². The molecule has 0 heterocycles. The van der Waals surface area contributed by atoms with Crippen LogP contribution in [-0.4, -0.2) is 0 Å². The Labute approximate surface area is 228 Å². The van der Waals surface area contributed by atoms with E-state index in [4.69, 9.17) is 5.26 Å². The molecule has 0 aliphatic carbocycles. The van der Waals surface area contributed by atoms with E-state index in [9.17, 15) is 8.78 Å². The lowest BCUT2D eigenvalue weighted by molar-refractivity contribution is 0.577. The van der Waals surface area contributed by atoms with E-state index in [1.54, 1.807) is 6.07 Å². The van der Waals surface area contributed by atoms with Crippen LogP contribution in [0.5, 0.6) is 0 Å². The van der Waals surface area contributed by atoms with Gasteiger partial charge in [0.15, 0.2) is 0 Å². The van der Waals surface area contributed by atoms with E-state index in [0.717, 1.165) is 17.5 Å². The van der Waals surface area contributed by atoms with Gasteiger partial charge in [-0.3, -0.25) is 0 Å². The second-order valence-corrected chi connectivity index (χ2v) is 9.72. The molecule has 1 unspecified atom stereocenters. The lowest BCUT2D eigenvalue weighted by Gasteiger charge is -2.12. The van der Waals surface area contributed by atoms with Crippen LogP contribution in [0.4, 0.5) is 8.78 Å². The Morgan fingerprint density at radius 2 is 1.10 bits per heavy atom. The van der Waals surface area contributed by atoms with Gasteiger partial charge in [0.05, 0.1) is 0 Å². The Hall–Kier alpha value is -4.81. The molecule has 0 saturated carbocycles. The molecule has 0 bridgehead atoms. The zero-order chi connectivity index (χ0) is 27.2. The van der Waals surface area contributed by atoms with E-state index in [1.807, 2.05) is 36.4 Å². The molecule has 0 aromatic heterocycles. The second kappa shape index (κ2) is 11.7. The molecule has 3 heteroatoms. The van der Waals surface area contributed by atoms with Crippen LogP contribution in [0.1, 0.15) is 40.7 Å². The van der Waals surface area contributed by atoms with Gasteiger partial charge >= 0.3 is 0 Å². The fraction of sp³-hybridized carbons (Fsp3) is 0.0833. The zero-order valence-corrected chi connectivity index (χ0v) is 21.6. The summed E-state index contributed by atoms with van der Waals surface area (Å²) in [6, 6.07) is 39.2. The third kappa shape index (κ3) is 6.20. The van der Waals surface area contributed by atoms with Crippen molar-refractivity contribution in [1.29, 1.82) is 5.26 Å². The van der Waals surface area contributed by atoms with Gasteiger partial charge in [0.1, 0.15) is 23.3 Å². The number of hydrogen-bond donors (Lipinski definition) is 0. The normalized spacial score (nSPS) is 11.8. The summed E-state index contributed by atoms with van der Waals surface area (Å²) in [4.78, 5) is 0. The number of nitrogens with zero attached hydrogens (tertiary/aromatic N) is 1. The van der Waals surface area contributed by atoms with E-state index in [1.165, 1.54) is 34.4 Å². The van der Waals surface area contributed by atoms with Gasteiger partial charge in [0, 0.05) is 0 Å². The molecule has 0 N–H and O–H groups in total. The lowest BCUT2D eigenvalue weighted by atomic mass is 9.93. The van der Waals surface area contributed by atoms with Gasteiger partial charge in [-0.1, -0.05) is 122 Å². The lowest BCUT2D eigenvalue weighted by Crippen LogP contribution is -1.98. The minimum absolute atomic E-state index is 0.397. The summed E-state index contributed by atoms with van der Waals surface area (Å²) in [5.74, 6) is -1.23. The highest BCUT2D eigenvalue weighted by molar-refractivity contribution is 5.74. The van der Waals surface area contributed by atoms with Gasteiger partial charge in [-0.15, -0.1) is 0 Å². The fourth-order valence-corrected chi connectivity index (χ4v) is 4.70. The monoisotopic (exact) mass is 511 g/mol. The highest BCUT2D eigenvalue weighted by Gasteiger charge is 2.11. The predicted molar refractivity (Wildman–Crippen MR) is 156 cm³/mol. The maximum atomic E-state index is 14.0. The van der Waals surface area contributed by atoms with Crippen molar-refractivity contribution < 1.29 is 8.78 Å². The molecule has 1 atom stereocenters. The predicted octanol–water partition coefficient (Wildman–Crippen LogP) is 9.69. The van der Waals surface area contributed by atoms with Gasteiger partial charge in [-0.05, 0) is 69.0 Å². The molecule has 0 spiro atoms. The maximum Gasteiger partial charge on any atom is 0.144 e. The van der Waals surface area contributed by atoms with Crippen molar-refractivity contribution in [2.75, 3.05) is 0 Å². The van der Waals surface area contributed by atoms with Gasteiger partial charge in [-0.25, -0.2) is 8.78 Å². The summed E-state index contributed by atoms with van der Waals surface area (Å²) >= 11 is 0. The first-order valence-corrected chi connectivity index (χ1v) is 12.9. The Morgan fingerprint density at radius 1 is 0.641 bits per heavy atom. The minimum atomic E-state index is -0.853. The molecule has 1 nitrogen and oxygen atoms in total. The third-order valence-electron chi connectivity index (χ3n) is 6.97. The highest BCUT2D eigenvalue weighted by Crippen LogP contribution is 2.26. The molecule has 39 heavy (non-hydrogen) atoms. The molecule has 0 saturated heterocycles. The van der Waals surface area contributed by atoms with Crippen LogP contribution < -0.4 is 0 Å². The Balaban J connectivity index is 1.22. The van der Waals surface area contributed by atoms with Crippen molar-refractivity contribution in [3.05, 3.63) is 155 Å². The van der Waals surface area contributed by atoms with Crippen molar-refractivity contribution in [2.45, 2.75) is 19.3 Å². The standard InChI is InChI=1S/C36H27F2N/c1-25(29-5-3-2-4-6-29)21-28-13-19-31(20-14-28)30-15-9-26(10-16-30)7-8-27-11-17-32(18-12-27)33-22-35(37)34(24-39)36(38)23-33/h2-20,22-23,25H,21H2,1H3/b8-7+. The highest BCUT2D eigenvalue weighted by atomic mass is 19.1. The Bertz CT molecular complexity index is 1600. The van der Waals surface area contributed by atoms with Crippen LogP contribution in [0.2, 0.25) is 0 Å². The van der Waals surface area contributed by atoms with Crippen LogP contribution >= 0.6 is 0 Å². The van der Waals surface area contributed by atoms with Crippen molar-refractivity contribution in [3.63, 3.8) is 0 Å². The van der Waals surface area contributed by atoms with Gasteiger partial charge in [0.25, 0.3) is 0 Å². The van der Waals surface area contributed by atoms with E-state index in [0.29, 0.717) is 17.0 Å². The first kappa shape index (κ1) is 25.8. The molecule has 190 valence electrons. The molecule has 0 aliphatic heterocycles. The van der Waals surface area contributed by atoms with Crippen molar-refractivity contribution in [1.82, 2.24) is 0 Å².